The van der Waals surface area contributed by atoms with Crippen LogP contribution in [0.4, 0.5) is 0 Å². The van der Waals surface area contributed by atoms with Crippen molar-refractivity contribution >= 4 is 39.7 Å². The fourth-order valence-corrected chi connectivity index (χ4v) is 3.37. The van der Waals surface area contributed by atoms with Crippen LogP contribution in [-0.2, 0) is 10.5 Å². The molecule has 0 bridgehead atoms. The Kier molecular flexibility index (Phi) is 12.0. The summed E-state index contributed by atoms with van der Waals surface area (Å²) in [6, 6.07) is 13.8. The highest BCUT2D eigenvalue weighted by atomic mass is 79.9. The van der Waals surface area contributed by atoms with E-state index >= 15 is 0 Å². The van der Waals surface area contributed by atoms with Crippen LogP contribution in [0, 0.1) is 0 Å². The molecule has 0 amide bonds. The van der Waals surface area contributed by atoms with Crippen molar-refractivity contribution in [1.29, 1.82) is 0 Å². The van der Waals surface area contributed by atoms with E-state index in [0.717, 1.165) is 15.8 Å². The van der Waals surface area contributed by atoms with E-state index in [1.807, 2.05) is 30.3 Å². The van der Waals surface area contributed by atoms with Gasteiger partial charge in [-0.25, -0.2) is 0 Å². The number of thioether (sulfide) groups is 1. The lowest BCUT2D eigenvalue weighted by molar-refractivity contribution is -0.114. The molecular formula is C22H26BrNO3S. The average molecular weight is 464 g/mol. The Morgan fingerprint density at radius 1 is 1.25 bits per heavy atom. The van der Waals surface area contributed by atoms with Crippen LogP contribution >= 0.6 is 27.7 Å². The number of hydrogen-bond acceptors (Lipinski definition) is 5. The predicted octanol–water partition coefficient (Wildman–Crippen LogP) is 5.58. The molecule has 0 saturated heterocycles. The molecule has 0 aliphatic rings. The van der Waals surface area contributed by atoms with Gasteiger partial charge in [0.15, 0.2) is 11.5 Å². The molecule has 2 rings (SSSR count). The van der Waals surface area contributed by atoms with Gasteiger partial charge in [0.05, 0.1) is 12.9 Å². The van der Waals surface area contributed by atoms with Crippen LogP contribution in [0.3, 0.4) is 0 Å². The lowest BCUT2D eigenvalue weighted by atomic mass is 10.2. The number of methoxy groups -OCH3 is 1. The summed E-state index contributed by atoms with van der Waals surface area (Å²) in [5.41, 5.74) is 2.24. The van der Waals surface area contributed by atoms with Gasteiger partial charge in [-0.2, -0.15) is 0 Å². The van der Waals surface area contributed by atoms with E-state index in [1.54, 1.807) is 45.1 Å². The van der Waals surface area contributed by atoms with E-state index in [4.69, 9.17) is 9.47 Å². The van der Waals surface area contributed by atoms with E-state index < -0.39 is 0 Å². The minimum Gasteiger partial charge on any atom is -0.493 e. The number of aliphatic imine (C=N–C) groups is 1. The van der Waals surface area contributed by atoms with E-state index in [-0.39, 0.29) is 5.78 Å². The van der Waals surface area contributed by atoms with Crippen LogP contribution < -0.4 is 9.47 Å². The third kappa shape index (κ3) is 9.76. The molecule has 0 radical (unpaired) electrons. The molecule has 0 aliphatic heterocycles. The zero-order valence-electron chi connectivity index (χ0n) is 16.5. The van der Waals surface area contributed by atoms with E-state index in [9.17, 15) is 4.79 Å². The van der Waals surface area contributed by atoms with Gasteiger partial charge in [-0.15, -0.1) is 11.8 Å². The van der Waals surface area contributed by atoms with Crippen LogP contribution in [-0.4, -0.2) is 38.5 Å². The fraction of sp³-hybridized carbons (Fsp3) is 0.273. The molecule has 0 heterocycles. The number of Topliss-reactive ketones (excluding diaryl/α,β-unsaturated/α-hetero) is 1. The molecule has 0 unspecified atom stereocenters. The number of nitrogens with zero attached hydrogens (tertiary/aromatic N) is 1. The van der Waals surface area contributed by atoms with Crippen molar-refractivity contribution in [3.63, 3.8) is 0 Å². The second-order valence-electron chi connectivity index (χ2n) is 5.72. The minimum absolute atomic E-state index is 0.236. The number of ether oxygens (including phenoxy) is 2. The molecule has 2 aromatic rings. The number of ketones is 1. The quantitative estimate of drug-likeness (QED) is 0.359. The number of carbonyl (C=O) groups is 1. The number of rotatable bonds is 9. The SMILES string of the molecule is C=CCOc1ccc(C=NC)cc1OC.CC(=O)CSCc1cccc(Br)c1. The summed E-state index contributed by atoms with van der Waals surface area (Å²) in [5, 5.41) is 0. The van der Waals surface area contributed by atoms with Crippen LogP contribution in [0.1, 0.15) is 18.1 Å². The Morgan fingerprint density at radius 2 is 2.04 bits per heavy atom. The highest BCUT2D eigenvalue weighted by Gasteiger charge is 2.03. The Bertz CT molecular complexity index is 793. The first kappa shape index (κ1) is 24.0. The van der Waals surface area contributed by atoms with Crippen LogP contribution in [0.5, 0.6) is 11.5 Å². The van der Waals surface area contributed by atoms with Gasteiger partial charge in [-0.1, -0.05) is 40.7 Å². The molecule has 0 fully saturated rings. The topological polar surface area (TPSA) is 47.9 Å². The zero-order chi connectivity index (χ0) is 20.8. The van der Waals surface area contributed by atoms with E-state index in [1.165, 1.54) is 5.56 Å². The minimum atomic E-state index is 0.236. The first-order chi connectivity index (χ1) is 13.5. The molecule has 28 heavy (non-hydrogen) atoms. The first-order valence-electron chi connectivity index (χ1n) is 8.65. The van der Waals surface area contributed by atoms with Gasteiger partial charge < -0.3 is 9.47 Å². The average Bonchev–Trinajstić information content (AvgIpc) is 2.67. The maximum atomic E-state index is 10.7. The Balaban J connectivity index is 0.000000283. The molecule has 0 aromatic heterocycles. The predicted molar refractivity (Wildman–Crippen MR) is 123 cm³/mol. The van der Waals surface area contributed by atoms with Crippen LogP contribution in [0.2, 0.25) is 0 Å². The fourth-order valence-electron chi connectivity index (χ4n) is 2.12. The largest absolute Gasteiger partial charge is 0.493 e. The summed E-state index contributed by atoms with van der Waals surface area (Å²) < 4.78 is 11.7. The summed E-state index contributed by atoms with van der Waals surface area (Å²) in [5.74, 6) is 3.16. The highest BCUT2D eigenvalue weighted by Crippen LogP contribution is 2.27. The van der Waals surface area contributed by atoms with Gasteiger partial charge in [0.1, 0.15) is 12.4 Å². The van der Waals surface area contributed by atoms with Crippen molar-refractivity contribution in [3.05, 3.63) is 70.7 Å². The monoisotopic (exact) mass is 463 g/mol. The number of benzene rings is 2. The zero-order valence-corrected chi connectivity index (χ0v) is 18.9. The third-order valence-corrected chi connectivity index (χ3v) is 4.93. The molecule has 150 valence electrons. The van der Waals surface area contributed by atoms with Gasteiger partial charge in [0.25, 0.3) is 0 Å². The lowest BCUT2D eigenvalue weighted by Gasteiger charge is -2.09. The highest BCUT2D eigenvalue weighted by molar-refractivity contribution is 9.10. The maximum Gasteiger partial charge on any atom is 0.161 e. The molecule has 0 N–H and O–H groups in total. The van der Waals surface area contributed by atoms with Gasteiger partial charge in [0.2, 0.25) is 0 Å². The van der Waals surface area contributed by atoms with Crippen molar-refractivity contribution in [2.24, 2.45) is 4.99 Å². The van der Waals surface area contributed by atoms with Gasteiger partial charge >= 0.3 is 0 Å². The lowest BCUT2D eigenvalue weighted by Crippen LogP contribution is -1.96. The Morgan fingerprint density at radius 3 is 2.64 bits per heavy atom. The summed E-state index contributed by atoms with van der Waals surface area (Å²) in [6.45, 7) is 5.68. The van der Waals surface area contributed by atoms with Crippen molar-refractivity contribution in [2.75, 3.05) is 26.5 Å². The molecule has 0 saturated carbocycles. The molecule has 4 nitrogen and oxygen atoms in total. The number of hydrogen-bond donors (Lipinski definition) is 0. The van der Waals surface area contributed by atoms with Crippen LogP contribution in [0.15, 0.2) is 64.6 Å². The van der Waals surface area contributed by atoms with E-state index in [0.29, 0.717) is 23.9 Å². The van der Waals surface area contributed by atoms with Crippen molar-refractivity contribution in [2.45, 2.75) is 12.7 Å². The number of carbonyl (C=O) groups excluding carboxylic acids is 1. The smallest absolute Gasteiger partial charge is 0.161 e. The third-order valence-electron chi connectivity index (χ3n) is 3.29. The molecular weight excluding hydrogens is 438 g/mol. The number of halogens is 1. The van der Waals surface area contributed by atoms with Gasteiger partial charge in [0, 0.05) is 23.5 Å². The van der Waals surface area contributed by atoms with E-state index in [2.05, 4.69) is 39.6 Å². The second-order valence-corrected chi connectivity index (χ2v) is 7.62. The molecule has 0 aliphatic carbocycles. The summed E-state index contributed by atoms with van der Waals surface area (Å²) >= 11 is 5.06. The molecule has 2 aromatic carbocycles. The summed E-state index contributed by atoms with van der Waals surface area (Å²) in [4.78, 5) is 14.6. The van der Waals surface area contributed by atoms with Crippen molar-refractivity contribution < 1.29 is 14.3 Å². The van der Waals surface area contributed by atoms with Gasteiger partial charge in [-0.3, -0.25) is 9.79 Å². The Hall–Kier alpha value is -2.05. The molecule has 0 spiro atoms. The molecule has 0 atom stereocenters. The molecule has 6 heteroatoms. The van der Waals surface area contributed by atoms with Crippen LogP contribution in [0.25, 0.3) is 0 Å². The normalized spacial score (nSPS) is 10.1. The second kappa shape index (κ2) is 14.0. The van der Waals surface area contributed by atoms with Crippen molar-refractivity contribution in [3.8, 4) is 11.5 Å². The summed E-state index contributed by atoms with van der Waals surface area (Å²) in [7, 11) is 3.34. The standard InChI is InChI=1S/C12H15NO2.C10H11BrOS/c1-4-7-15-11-6-5-10(9-13-2)8-12(11)14-3;1-8(12)6-13-7-9-3-2-4-10(11)5-9/h4-6,8-9H,1,7H2,2-3H3;2-5H,6-7H2,1H3. The summed E-state index contributed by atoms with van der Waals surface area (Å²) in [6.07, 6.45) is 3.46. The maximum absolute atomic E-state index is 10.7. The van der Waals surface area contributed by atoms with Crippen molar-refractivity contribution in [1.82, 2.24) is 0 Å². The van der Waals surface area contributed by atoms with Gasteiger partial charge in [-0.05, 0) is 48.4 Å². The Labute approximate surface area is 180 Å². The first-order valence-corrected chi connectivity index (χ1v) is 10.6.